The van der Waals surface area contributed by atoms with Gasteiger partial charge < -0.3 is 20.1 Å². The first-order valence-corrected chi connectivity index (χ1v) is 9.32. The van der Waals surface area contributed by atoms with Crippen molar-refractivity contribution in [1.29, 1.82) is 0 Å². The molecule has 0 radical (unpaired) electrons. The highest BCUT2D eigenvalue weighted by molar-refractivity contribution is 14.0. The zero-order valence-corrected chi connectivity index (χ0v) is 18.9. The summed E-state index contributed by atoms with van der Waals surface area (Å²) in [6, 6.07) is 10.2. The van der Waals surface area contributed by atoms with Crippen molar-refractivity contribution in [3.05, 3.63) is 45.6 Å². The number of rotatable bonds is 8. The van der Waals surface area contributed by atoms with Crippen LogP contribution < -0.4 is 20.1 Å². The van der Waals surface area contributed by atoms with E-state index in [0.29, 0.717) is 6.54 Å². The third kappa shape index (κ3) is 6.68. The van der Waals surface area contributed by atoms with Crippen LogP contribution >= 0.6 is 35.3 Å². The second kappa shape index (κ2) is 12.0. The van der Waals surface area contributed by atoms with Gasteiger partial charge >= 0.3 is 0 Å². The number of aryl methyl sites for hydroxylation is 1. The number of benzene rings is 1. The van der Waals surface area contributed by atoms with E-state index in [2.05, 4.69) is 41.6 Å². The summed E-state index contributed by atoms with van der Waals surface area (Å²) in [4.78, 5) is 7.38. The minimum Gasteiger partial charge on any atom is -0.493 e. The first-order valence-electron chi connectivity index (χ1n) is 8.50. The summed E-state index contributed by atoms with van der Waals surface area (Å²) in [5.41, 5.74) is 1.07. The maximum absolute atomic E-state index is 5.35. The van der Waals surface area contributed by atoms with Crippen molar-refractivity contribution in [3.8, 4) is 11.5 Å². The Morgan fingerprint density at radius 3 is 2.35 bits per heavy atom. The molecule has 0 amide bonds. The SMILES string of the molecule is CCNC(=NCc1ccc(OC)c(OC)c1)NCc1ccc(CC)s1.I. The number of guanidine groups is 1. The normalized spacial score (nSPS) is 10.8. The molecular formula is C19H28IN3O2S. The van der Waals surface area contributed by atoms with Crippen molar-refractivity contribution < 1.29 is 9.47 Å². The van der Waals surface area contributed by atoms with Gasteiger partial charge in [-0.15, -0.1) is 35.3 Å². The fraction of sp³-hybridized carbons (Fsp3) is 0.421. The molecule has 0 atom stereocenters. The van der Waals surface area contributed by atoms with Gasteiger partial charge in [0.05, 0.1) is 27.3 Å². The number of ether oxygens (including phenoxy) is 2. The van der Waals surface area contributed by atoms with Gasteiger partial charge in [-0.25, -0.2) is 4.99 Å². The number of thiophene rings is 1. The molecule has 0 saturated heterocycles. The lowest BCUT2D eigenvalue weighted by Crippen LogP contribution is -2.36. The van der Waals surface area contributed by atoms with Gasteiger partial charge in [-0.2, -0.15) is 0 Å². The average molecular weight is 489 g/mol. The molecule has 7 heteroatoms. The highest BCUT2D eigenvalue weighted by atomic mass is 127. The summed E-state index contributed by atoms with van der Waals surface area (Å²) < 4.78 is 10.6. The Morgan fingerprint density at radius 2 is 1.73 bits per heavy atom. The van der Waals surface area contributed by atoms with Gasteiger partial charge in [-0.3, -0.25) is 0 Å². The average Bonchev–Trinajstić information content (AvgIpc) is 3.11. The molecule has 0 fully saturated rings. The van der Waals surface area contributed by atoms with E-state index in [4.69, 9.17) is 9.47 Å². The van der Waals surface area contributed by atoms with Crippen LogP contribution in [-0.2, 0) is 19.5 Å². The quantitative estimate of drug-likeness (QED) is 0.332. The molecule has 2 aromatic rings. The Kier molecular flexibility index (Phi) is 10.4. The van der Waals surface area contributed by atoms with Crippen LogP contribution in [0.2, 0.25) is 0 Å². The largest absolute Gasteiger partial charge is 0.493 e. The molecule has 1 aromatic heterocycles. The standard InChI is InChI=1S/C19H27N3O2S.HI/c1-5-15-8-9-16(25-15)13-22-19(20-6-2)21-12-14-7-10-17(23-3)18(11-14)24-4;/h7-11H,5-6,12-13H2,1-4H3,(H2,20,21,22);1H. The molecule has 26 heavy (non-hydrogen) atoms. The van der Waals surface area contributed by atoms with Crippen LogP contribution in [0, 0.1) is 0 Å². The van der Waals surface area contributed by atoms with E-state index in [9.17, 15) is 0 Å². The lowest BCUT2D eigenvalue weighted by Gasteiger charge is -2.11. The van der Waals surface area contributed by atoms with Crippen molar-refractivity contribution in [2.24, 2.45) is 4.99 Å². The summed E-state index contributed by atoms with van der Waals surface area (Å²) in [5.74, 6) is 2.26. The molecule has 5 nitrogen and oxygen atoms in total. The Morgan fingerprint density at radius 1 is 1.00 bits per heavy atom. The number of aliphatic imine (C=N–C) groups is 1. The Balaban J connectivity index is 0.00000338. The van der Waals surface area contributed by atoms with Crippen LogP contribution in [0.1, 0.15) is 29.2 Å². The van der Waals surface area contributed by atoms with Crippen molar-refractivity contribution in [1.82, 2.24) is 10.6 Å². The number of nitrogens with zero attached hydrogens (tertiary/aromatic N) is 1. The van der Waals surface area contributed by atoms with Gasteiger partial charge in [-0.1, -0.05) is 13.0 Å². The molecule has 1 aromatic carbocycles. The molecule has 0 unspecified atom stereocenters. The molecule has 144 valence electrons. The zero-order chi connectivity index (χ0) is 18.1. The summed E-state index contributed by atoms with van der Waals surface area (Å²) >= 11 is 1.84. The number of nitrogens with one attached hydrogen (secondary N) is 2. The van der Waals surface area contributed by atoms with Crippen molar-refractivity contribution >= 4 is 41.3 Å². The minimum atomic E-state index is 0. The van der Waals surface area contributed by atoms with Gasteiger partial charge in [0.1, 0.15) is 0 Å². The number of halogens is 1. The summed E-state index contributed by atoms with van der Waals surface area (Å²) in [6.45, 7) is 6.41. The molecule has 0 saturated carbocycles. The van der Waals surface area contributed by atoms with Gasteiger partial charge in [0.15, 0.2) is 17.5 Å². The number of methoxy groups -OCH3 is 2. The van der Waals surface area contributed by atoms with E-state index in [1.807, 2.05) is 29.5 Å². The van der Waals surface area contributed by atoms with Crippen LogP contribution in [0.25, 0.3) is 0 Å². The lowest BCUT2D eigenvalue weighted by atomic mass is 10.2. The van der Waals surface area contributed by atoms with E-state index in [1.54, 1.807) is 14.2 Å². The molecular weight excluding hydrogens is 461 g/mol. The van der Waals surface area contributed by atoms with Gasteiger partial charge in [0.25, 0.3) is 0 Å². The van der Waals surface area contributed by atoms with Gasteiger partial charge in [0, 0.05) is 16.3 Å². The minimum absolute atomic E-state index is 0. The highest BCUT2D eigenvalue weighted by Crippen LogP contribution is 2.27. The predicted molar refractivity (Wildman–Crippen MR) is 120 cm³/mol. The molecule has 0 aliphatic rings. The third-order valence-electron chi connectivity index (χ3n) is 3.71. The van der Waals surface area contributed by atoms with Crippen LogP contribution in [0.3, 0.4) is 0 Å². The number of hydrogen-bond acceptors (Lipinski definition) is 4. The van der Waals surface area contributed by atoms with E-state index >= 15 is 0 Å². The molecule has 1 heterocycles. The second-order valence-corrected chi connectivity index (χ2v) is 6.71. The summed E-state index contributed by atoms with van der Waals surface area (Å²) in [7, 11) is 3.28. The number of hydrogen-bond donors (Lipinski definition) is 2. The van der Waals surface area contributed by atoms with E-state index in [1.165, 1.54) is 9.75 Å². The lowest BCUT2D eigenvalue weighted by molar-refractivity contribution is 0.354. The third-order valence-corrected chi connectivity index (χ3v) is 4.94. The van der Waals surface area contributed by atoms with E-state index in [-0.39, 0.29) is 24.0 Å². The molecule has 0 aliphatic heterocycles. The first-order chi connectivity index (χ1) is 12.2. The van der Waals surface area contributed by atoms with Crippen molar-refractivity contribution in [3.63, 3.8) is 0 Å². The monoisotopic (exact) mass is 489 g/mol. The fourth-order valence-corrected chi connectivity index (χ4v) is 3.27. The maximum Gasteiger partial charge on any atom is 0.191 e. The second-order valence-electron chi connectivity index (χ2n) is 5.46. The highest BCUT2D eigenvalue weighted by Gasteiger charge is 2.05. The first kappa shape index (κ1) is 22.6. The predicted octanol–water partition coefficient (Wildman–Crippen LogP) is 4.20. The topological polar surface area (TPSA) is 54.9 Å². The molecule has 0 aliphatic carbocycles. The molecule has 0 spiro atoms. The van der Waals surface area contributed by atoms with Crippen molar-refractivity contribution in [2.45, 2.75) is 33.4 Å². The van der Waals surface area contributed by atoms with Crippen molar-refractivity contribution in [2.75, 3.05) is 20.8 Å². The maximum atomic E-state index is 5.35. The Bertz CT molecular complexity index is 704. The zero-order valence-electron chi connectivity index (χ0n) is 15.8. The van der Waals surface area contributed by atoms with Gasteiger partial charge in [-0.05, 0) is 43.2 Å². The molecule has 2 rings (SSSR count). The summed E-state index contributed by atoms with van der Waals surface area (Å²) in [6.07, 6.45) is 1.08. The van der Waals surface area contributed by atoms with Gasteiger partial charge in [0.2, 0.25) is 0 Å². The van der Waals surface area contributed by atoms with Crippen LogP contribution in [0.15, 0.2) is 35.3 Å². The summed E-state index contributed by atoms with van der Waals surface area (Å²) in [5, 5.41) is 6.67. The molecule has 0 bridgehead atoms. The van der Waals surface area contributed by atoms with E-state index < -0.39 is 0 Å². The fourth-order valence-electron chi connectivity index (χ4n) is 2.37. The van der Waals surface area contributed by atoms with Crippen LogP contribution in [0.4, 0.5) is 0 Å². The Hall–Kier alpha value is -1.48. The van der Waals surface area contributed by atoms with Crippen LogP contribution in [0.5, 0.6) is 11.5 Å². The van der Waals surface area contributed by atoms with Crippen LogP contribution in [-0.4, -0.2) is 26.7 Å². The van der Waals surface area contributed by atoms with E-state index in [0.717, 1.165) is 42.5 Å². The molecule has 2 N–H and O–H groups in total. The smallest absolute Gasteiger partial charge is 0.191 e. The Labute approximate surface area is 177 Å².